The molecule has 3 rings (SSSR count). The summed E-state index contributed by atoms with van der Waals surface area (Å²) in [6.07, 6.45) is 0. The lowest BCUT2D eigenvalue weighted by Gasteiger charge is -2.08. The highest BCUT2D eigenvalue weighted by atomic mass is 32.1. The average molecular weight is 323 g/mol. The minimum Gasteiger partial charge on any atom is -0.143 e. The van der Waals surface area contributed by atoms with Crippen LogP contribution in [0.1, 0.15) is 5.56 Å². The van der Waals surface area contributed by atoms with Crippen LogP contribution in [-0.2, 0) is 4.57 Å². The van der Waals surface area contributed by atoms with E-state index in [4.69, 9.17) is 0 Å². The number of hydrogen-bond donors (Lipinski definition) is 1. The largest absolute Gasteiger partial charge is 0.415 e. The second kappa shape index (κ2) is 6.48. The number of thiol groups is 1. The lowest BCUT2D eigenvalue weighted by molar-refractivity contribution is 0.598. The molecule has 0 spiro atoms. The van der Waals surface area contributed by atoms with Crippen LogP contribution in [0.3, 0.4) is 0 Å². The maximum Gasteiger partial charge on any atom is 0.415 e. The third kappa shape index (κ3) is 2.99. The molecule has 3 aromatic carbocycles. The Labute approximate surface area is 137 Å². The Bertz CT molecular complexity index is 828. The van der Waals surface area contributed by atoms with Gasteiger partial charge in [-0.15, -0.1) is 12.6 Å². The summed E-state index contributed by atoms with van der Waals surface area (Å²) in [6.45, 7) is 2.08. The van der Waals surface area contributed by atoms with E-state index in [1.54, 1.807) is 0 Å². The molecule has 0 bridgehead atoms. The molecule has 0 aliphatic rings. The van der Waals surface area contributed by atoms with Crippen LogP contribution in [0.4, 0.5) is 0 Å². The molecule has 0 aliphatic heterocycles. The first kappa shape index (κ1) is 15.0. The molecule has 1 atom stereocenters. The van der Waals surface area contributed by atoms with Gasteiger partial charge in [0, 0.05) is 11.0 Å². The molecular formula is C19H16OPS+. The van der Waals surface area contributed by atoms with Crippen LogP contribution in [0.2, 0.25) is 0 Å². The zero-order valence-corrected chi connectivity index (χ0v) is 14.0. The zero-order chi connectivity index (χ0) is 15.5. The summed E-state index contributed by atoms with van der Waals surface area (Å²) in [5, 5.41) is 1.68. The van der Waals surface area contributed by atoms with Crippen molar-refractivity contribution in [2.45, 2.75) is 11.8 Å². The van der Waals surface area contributed by atoms with Gasteiger partial charge in [-0.3, -0.25) is 0 Å². The Hall–Kier alpha value is -1.89. The first-order valence-corrected chi connectivity index (χ1v) is 8.79. The van der Waals surface area contributed by atoms with E-state index in [1.165, 1.54) is 5.56 Å². The van der Waals surface area contributed by atoms with E-state index < -0.39 is 7.80 Å². The maximum absolute atomic E-state index is 12.7. The fourth-order valence-corrected chi connectivity index (χ4v) is 3.91. The lowest BCUT2D eigenvalue weighted by atomic mass is 10.0. The van der Waals surface area contributed by atoms with Crippen LogP contribution in [0, 0.1) is 6.92 Å². The maximum atomic E-state index is 12.7. The monoisotopic (exact) mass is 323 g/mol. The molecule has 0 amide bonds. The summed E-state index contributed by atoms with van der Waals surface area (Å²) in [6, 6.07) is 23.6. The third-order valence-corrected chi connectivity index (χ3v) is 5.54. The Morgan fingerprint density at radius 2 is 1.45 bits per heavy atom. The van der Waals surface area contributed by atoms with Gasteiger partial charge in [0.1, 0.15) is 0 Å². The van der Waals surface area contributed by atoms with Crippen molar-refractivity contribution >= 4 is 31.0 Å². The first-order chi connectivity index (χ1) is 10.7. The van der Waals surface area contributed by atoms with Gasteiger partial charge in [0.25, 0.3) is 0 Å². The molecule has 108 valence electrons. The van der Waals surface area contributed by atoms with Gasteiger partial charge >= 0.3 is 7.80 Å². The SMILES string of the molecule is Cc1ccccc1-c1cc([P+](=O)c2ccccc2)ccc1S. The molecule has 22 heavy (non-hydrogen) atoms. The van der Waals surface area contributed by atoms with E-state index in [0.29, 0.717) is 0 Å². The van der Waals surface area contributed by atoms with E-state index >= 15 is 0 Å². The Kier molecular flexibility index (Phi) is 4.42. The third-order valence-electron chi connectivity index (χ3n) is 3.64. The summed E-state index contributed by atoms with van der Waals surface area (Å²) in [4.78, 5) is 0.898. The van der Waals surface area contributed by atoms with Crippen molar-refractivity contribution in [1.82, 2.24) is 0 Å². The molecule has 3 heteroatoms. The van der Waals surface area contributed by atoms with Gasteiger partial charge in [-0.2, -0.15) is 0 Å². The number of benzene rings is 3. The number of hydrogen-bond acceptors (Lipinski definition) is 2. The highest BCUT2D eigenvalue weighted by Crippen LogP contribution is 2.31. The van der Waals surface area contributed by atoms with Crippen LogP contribution in [0.5, 0.6) is 0 Å². The van der Waals surface area contributed by atoms with E-state index in [9.17, 15) is 4.57 Å². The van der Waals surface area contributed by atoms with E-state index in [-0.39, 0.29) is 0 Å². The molecule has 1 unspecified atom stereocenters. The summed E-state index contributed by atoms with van der Waals surface area (Å²) < 4.78 is 12.7. The number of rotatable bonds is 3. The van der Waals surface area contributed by atoms with Crippen molar-refractivity contribution in [3.8, 4) is 11.1 Å². The van der Waals surface area contributed by atoms with Crippen molar-refractivity contribution in [2.75, 3.05) is 0 Å². The van der Waals surface area contributed by atoms with E-state index in [1.807, 2.05) is 60.7 Å². The molecule has 0 saturated carbocycles. The molecule has 0 radical (unpaired) electrons. The average Bonchev–Trinajstić information content (AvgIpc) is 2.56. The molecule has 0 N–H and O–H groups in total. The molecule has 0 heterocycles. The van der Waals surface area contributed by atoms with Crippen LogP contribution >= 0.6 is 20.4 Å². The smallest absolute Gasteiger partial charge is 0.143 e. The van der Waals surface area contributed by atoms with Crippen molar-refractivity contribution in [3.63, 3.8) is 0 Å². The number of aryl methyl sites for hydroxylation is 1. The standard InChI is InChI=1S/C19H15OPS/c1-14-7-5-6-10-17(14)18-13-16(11-12-19(18)22)21(20)15-8-3-2-4-9-15/h2-13H,1H3/p+1. The molecular weight excluding hydrogens is 307 g/mol. The van der Waals surface area contributed by atoms with Gasteiger partial charge in [0.15, 0.2) is 10.6 Å². The van der Waals surface area contributed by atoms with Gasteiger partial charge in [-0.1, -0.05) is 47.0 Å². The predicted octanol–water partition coefficient (Wildman–Crippen LogP) is 4.73. The van der Waals surface area contributed by atoms with Gasteiger partial charge in [-0.05, 0) is 47.9 Å². The van der Waals surface area contributed by atoms with Gasteiger partial charge in [-0.25, -0.2) is 0 Å². The Morgan fingerprint density at radius 3 is 2.18 bits per heavy atom. The van der Waals surface area contributed by atoms with Crippen molar-refractivity contribution in [2.24, 2.45) is 0 Å². The van der Waals surface area contributed by atoms with Crippen molar-refractivity contribution in [3.05, 3.63) is 78.4 Å². The summed E-state index contributed by atoms with van der Waals surface area (Å²) in [5.74, 6) is 0. The van der Waals surface area contributed by atoms with Crippen LogP contribution in [-0.4, -0.2) is 0 Å². The van der Waals surface area contributed by atoms with Crippen LogP contribution in [0.25, 0.3) is 11.1 Å². The quantitative estimate of drug-likeness (QED) is 0.545. The van der Waals surface area contributed by atoms with Crippen molar-refractivity contribution < 1.29 is 4.57 Å². The highest BCUT2D eigenvalue weighted by Gasteiger charge is 2.24. The summed E-state index contributed by atoms with van der Waals surface area (Å²) in [7, 11) is -1.58. The Balaban J connectivity index is 2.08. The predicted molar refractivity (Wildman–Crippen MR) is 97.2 cm³/mol. The fourth-order valence-electron chi connectivity index (χ4n) is 2.45. The highest BCUT2D eigenvalue weighted by molar-refractivity contribution is 7.80. The topological polar surface area (TPSA) is 17.1 Å². The minimum atomic E-state index is -1.58. The zero-order valence-electron chi connectivity index (χ0n) is 12.2. The van der Waals surface area contributed by atoms with E-state index in [2.05, 4.69) is 31.7 Å². The minimum absolute atomic E-state index is 0.831. The fraction of sp³-hybridized carbons (Fsp3) is 0.0526. The van der Waals surface area contributed by atoms with E-state index in [0.717, 1.165) is 26.6 Å². The van der Waals surface area contributed by atoms with Crippen LogP contribution < -0.4 is 10.6 Å². The second-order valence-electron chi connectivity index (χ2n) is 5.15. The second-order valence-corrected chi connectivity index (χ2v) is 7.25. The molecule has 0 aliphatic carbocycles. The van der Waals surface area contributed by atoms with Gasteiger partial charge < -0.3 is 0 Å². The Morgan fingerprint density at radius 1 is 0.773 bits per heavy atom. The van der Waals surface area contributed by atoms with Gasteiger partial charge in [0.05, 0.1) is 0 Å². The lowest BCUT2D eigenvalue weighted by Crippen LogP contribution is -2.06. The molecule has 3 aromatic rings. The summed E-state index contributed by atoms with van der Waals surface area (Å²) in [5.41, 5.74) is 3.34. The van der Waals surface area contributed by atoms with Crippen molar-refractivity contribution in [1.29, 1.82) is 0 Å². The molecule has 0 fully saturated rings. The normalized spacial score (nSPS) is 11.3. The molecule has 1 nitrogen and oxygen atoms in total. The van der Waals surface area contributed by atoms with Crippen LogP contribution in [0.15, 0.2) is 77.7 Å². The summed E-state index contributed by atoms with van der Waals surface area (Å²) >= 11 is 4.56. The molecule has 0 saturated heterocycles. The first-order valence-electron chi connectivity index (χ1n) is 7.08. The molecule has 0 aromatic heterocycles. The van der Waals surface area contributed by atoms with Gasteiger partial charge in [0.2, 0.25) is 0 Å².